The lowest BCUT2D eigenvalue weighted by Crippen LogP contribution is -2.44. The molecular weight excluding hydrogens is 322 g/mol. The summed E-state index contributed by atoms with van der Waals surface area (Å²) >= 11 is 2.92. The molecule has 1 aromatic heterocycles. The summed E-state index contributed by atoms with van der Waals surface area (Å²) in [4.78, 5) is 8.05. The van der Waals surface area contributed by atoms with Gasteiger partial charge in [0.2, 0.25) is 5.13 Å². The van der Waals surface area contributed by atoms with Gasteiger partial charge in [-0.15, -0.1) is 11.3 Å². The van der Waals surface area contributed by atoms with Gasteiger partial charge < -0.3 is 17.2 Å². The first-order valence-corrected chi connectivity index (χ1v) is 9.02. The van der Waals surface area contributed by atoms with Crippen LogP contribution in [0.2, 0.25) is 0 Å². The average Bonchev–Trinajstić information content (AvgIpc) is 2.68. The van der Waals surface area contributed by atoms with Crippen LogP contribution in [0.4, 0.5) is 5.13 Å². The molecule has 1 atom stereocenters. The van der Waals surface area contributed by atoms with Crippen molar-refractivity contribution in [3.05, 3.63) is 11.1 Å². The Hall–Kier alpha value is -0.920. The zero-order valence-electron chi connectivity index (χ0n) is 10.5. The first kappa shape index (κ1) is 17.1. The fraction of sp³-hybridized carbons (Fsp3) is 0.500. The second kappa shape index (κ2) is 7.75. The number of thiazole rings is 1. The van der Waals surface area contributed by atoms with Gasteiger partial charge in [0, 0.05) is 11.1 Å². The van der Waals surface area contributed by atoms with Gasteiger partial charge in [0.25, 0.3) is 10.2 Å². The summed E-state index contributed by atoms with van der Waals surface area (Å²) in [5, 5.41) is 7.17. The van der Waals surface area contributed by atoms with Gasteiger partial charge in [-0.1, -0.05) is 0 Å². The van der Waals surface area contributed by atoms with Crippen LogP contribution in [0.1, 0.15) is 12.1 Å². The fourth-order valence-electron chi connectivity index (χ4n) is 1.18. The Balaban J connectivity index is 2.28. The van der Waals surface area contributed by atoms with E-state index in [1.807, 2.05) is 5.38 Å². The minimum atomic E-state index is -3.75. The van der Waals surface area contributed by atoms with Crippen molar-refractivity contribution >= 4 is 44.4 Å². The van der Waals surface area contributed by atoms with E-state index in [1.54, 1.807) is 11.8 Å². The van der Waals surface area contributed by atoms with E-state index < -0.39 is 16.4 Å². The number of thioether (sulfide) groups is 1. The Bertz CT molecular complexity index is 552. The average molecular weight is 339 g/mol. The minimum absolute atomic E-state index is 0.0291. The highest BCUT2D eigenvalue weighted by Gasteiger charge is 2.09. The molecule has 12 heteroatoms. The molecule has 0 aliphatic heterocycles. The van der Waals surface area contributed by atoms with Crippen molar-refractivity contribution < 1.29 is 8.42 Å². The summed E-state index contributed by atoms with van der Waals surface area (Å²) in [5.41, 5.74) is 16.9. The monoisotopic (exact) mass is 339 g/mol. The van der Waals surface area contributed by atoms with Crippen LogP contribution in [-0.4, -0.2) is 31.3 Å². The molecule has 0 aromatic carbocycles. The highest BCUT2D eigenvalue weighted by Crippen LogP contribution is 2.21. The van der Waals surface area contributed by atoms with Crippen molar-refractivity contribution in [3.63, 3.8) is 0 Å². The van der Waals surface area contributed by atoms with E-state index in [1.165, 1.54) is 11.3 Å². The number of rotatable bonds is 8. The maximum absolute atomic E-state index is 10.7. The van der Waals surface area contributed by atoms with Crippen molar-refractivity contribution in [2.45, 2.75) is 18.3 Å². The Kier molecular flexibility index (Phi) is 6.64. The highest BCUT2D eigenvalue weighted by molar-refractivity contribution is 7.98. The standard InChI is InChI=1S/C8H17N7O2S3/c9-6(15-20(12,16)17)1-2-18-3-5-4-19-8(13-5)14-7(10)11/h4,6,15H,1-3,9H2,(H2,12,16,17)(H4,10,11,13,14). The van der Waals surface area contributed by atoms with E-state index in [0.29, 0.717) is 23.1 Å². The Morgan fingerprint density at radius 2 is 2.25 bits per heavy atom. The zero-order valence-corrected chi connectivity index (χ0v) is 13.0. The maximum Gasteiger partial charge on any atom is 0.275 e. The molecule has 0 aliphatic rings. The van der Waals surface area contributed by atoms with Crippen LogP contribution in [-0.2, 0) is 16.0 Å². The molecule has 0 saturated carbocycles. The van der Waals surface area contributed by atoms with Crippen molar-refractivity contribution in [2.75, 3.05) is 5.75 Å². The Labute approximate surface area is 125 Å². The van der Waals surface area contributed by atoms with E-state index in [9.17, 15) is 8.42 Å². The topological polar surface area (TPSA) is 176 Å². The zero-order chi connectivity index (χ0) is 15.2. The quantitative estimate of drug-likeness (QED) is 0.170. The molecule has 1 rings (SSSR count). The largest absolute Gasteiger partial charge is 0.370 e. The van der Waals surface area contributed by atoms with Crippen molar-refractivity contribution in [2.24, 2.45) is 27.3 Å². The normalized spacial score (nSPS) is 13.1. The van der Waals surface area contributed by atoms with Crippen LogP contribution < -0.4 is 27.1 Å². The summed E-state index contributed by atoms with van der Waals surface area (Å²) in [6.07, 6.45) is -0.225. The molecule has 9 nitrogen and oxygen atoms in total. The maximum atomic E-state index is 10.7. The van der Waals surface area contributed by atoms with E-state index >= 15 is 0 Å². The van der Waals surface area contributed by atoms with Gasteiger partial charge in [0.1, 0.15) is 0 Å². The first-order chi connectivity index (χ1) is 9.26. The molecule has 114 valence electrons. The summed E-state index contributed by atoms with van der Waals surface area (Å²) in [6.45, 7) is 0. The predicted molar refractivity (Wildman–Crippen MR) is 82.6 cm³/mol. The molecule has 0 radical (unpaired) electrons. The summed E-state index contributed by atoms with van der Waals surface area (Å²) in [7, 11) is -3.75. The number of hydrogen-bond donors (Lipinski definition) is 5. The third-order valence-corrected chi connectivity index (χ3v) is 4.34. The van der Waals surface area contributed by atoms with Gasteiger partial charge in [0.05, 0.1) is 11.9 Å². The van der Waals surface area contributed by atoms with Crippen molar-refractivity contribution in [3.8, 4) is 0 Å². The Morgan fingerprint density at radius 1 is 1.55 bits per heavy atom. The number of nitrogens with zero attached hydrogens (tertiary/aromatic N) is 2. The molecule has 0 bridgehead atoms. The minimum Gasteiger partial charge on any atom is -0.370 e. The number of aliphatic imine (C=N–C) groups is 1. The predicted octanol–water partition coefficient (Wildman–Crippen LogP) is -1.25. The van der Waals surface area contributed by atoms with Crippen LogP contribution in [0.15, 0.2) is 10.4 Å². The van der Waals surface area contributed by atoms with Gasteiger partial charge in [-0.2, -0.15) is 29.9 Å². The van der Waals surface area contributed by atoms with E-state index in [-0.39, 0.29) is 5.96 Å². The van der Waals surface area contributed by atoms with E-state index in [2.05, 4.69) is 14.7 Å². The number of nitrogens with two attached hydrogens (primary N) is 4. The molecule has 9 N–H and O–H groups in total. The third kappa shape index (κ3) is 7.62. The van der Waals surface area contributed by atoms with Crippen LogP contribution >= 0.6 is 23.1 Å². The second-order valence-electron chi connectivity index (χ2n) is 3.77. The second-order valence-corrected chi connectivity index (χ2v) is 7.04. The Morgan fingerprint density at radius 3 is 2.85 bits per heavy atom. The molecule has 0 fully saturated rings. The summed E-state index contributed by atoms with van der Waals surface area (Å²) < 4.78 is 23.5. The molecule has 0 amide bonds. The highest BCUT2D eigenvalue weighted by atomic mass is 32.2. The molecule has 1 unspecified atom stereocenters. The lowest BCUT2D eigenvalue weighted by atomic mass is 10.4. The lowest BCUT2D eigenvalue weighted by molar-refractivity contribution is 0.550. The van der Waals surface area contributed by atoms with E-state index in [0.717, 1.165) is 5.69 Å². The van der Waals surface area contributed by atoms with Gasteiger partial charge >= 0.3 is 0 Å². The van der Waals surface area contributed by atoms with Gasteiger partial charge in [-0.25, -0.2) is 10.1 Å². The third-order valence-electron chi connectivity index (χ3n) is 1.90. The van der Waals surface area contributed by atoms with Crippen LogP contribution in [0.25, 0.3) is 0 Å². The summed E-state index contributed by atoms with van der Waals surface area (Å²) in [6, 6.07) is 0. The van der Waals surface area contributed by atoms with Crippen molar-refractivity contribution in [1.82, 2.24) is 9.71 Å². The lowest BCUT2D eigenvalue weighted by Gasteiger charge is -2.10. The number of guanidine groups is 1. The van der Waals surface area contributed by atoms with Gasteiger partial charge in [-0.05, 0) is 12.2 Å². The number of aromatic nitrogens is 1. The molecule has 0 saturated heterocycles. The molecule has 0 spiro atoms. The first-order valence-electron chi connectivity index (χ1n) is 5.43. The van der Waals surface area contributed by atoms with Crippen LogP contribution in [0, 0.1) is 0 Å². The smallest absolute Gasteiger partial charge is 0.275 e. The van der Waals surface area contributed by atoms with E-state index in [4.69, 9.17) is 22.3 Å². The molecule has 20 heavy (non-hydrogen) atoms. The fourth-order valence-corrected chi connectivity index (χ4v) is 3.45. The molecular formula is C8H17N7O2S3. The SMILES string of the molecule is NC(N)=Nc1nc(CSCCC(N)NS(N)(=O)=O)cs1. The summed E-state index contributed by atoms with van der Waals surface area (Å²) in [5.74, 6) is 1.30. The van der Waals surface area contributed by atoms with Gasteiger partial charge in [0.15, 0.2) is 5.96 Å². The van der Waals surface area contributed by atoms with Crippen LogP contribution in [0.3, 0.4) is 0 Å². The number of hydrogen-bond acceptors (Lipinski definition) is 7. The van der Waals surface area contributed by atoms with Gasteiger partial charge in [-0.3, -0.25) is 0 Å². The molecule has 1 aromatic rings. The number of nitrogens with one attached hydrogen (secondary N) is 1. The van der Waals surface area contributed by atoms with Crippen LogP contribution in [0.5, 0.6) is 0 Å². The molecule has 0 aliphatic carbocycles. The van der Waals surface area contributed by atoms with Crippen molar-refractivity contribution in [1.29, 1.82) is 0 Å². The molecule has 1 heterocycles.